The summed E-state index contributed by atoms with van der Waals surface area (Å²) < 4.78 is 0. The van der Waals surface area contributed by atoms with Gasteiger partial charge in [0.15, 0.2) is 0 Å². The molecule has 2 aliphatic rings. The molecule has 2 amide bonds. The first-order valence-electron chi connectivity index (χ1n) is 10.4. The van der Waals surface area contributed by atoms with E-state index >= 15 is 0 Å². The van der Waals surface area contributed by atoms with Crippen molar-refractivity contribution >= 4 is 35.2 Å². The summed E-state index contributed by atoms with van der Waals surface area (Å²) in [5, 5.41) is 3.81. The lowest BCUT2D eigenvalue weighted by molar-refractivity contribution is -0.126. The lowest BCUT2D eigenvalue weighted by Gasteiger charge is -2.36. The van der Waals surface area contributed by atoms with Crippen LogP contribution in [0.25, 0.3) is 0 Å². The highest BCUT2D eigenvalue weighted by Crippen LogP contribution is 2.41. The Labute approximate surface area is 177 Å². The minimum absolute atomic E-state index is 0.0330. The second kappa shape index (κ2) is 9.53. The minimum atomic E-state index is -0.415. The average molecular weight is 423 g/mol. The van der Waals surface area contributed by atoms with Crippen molar-refractivity contribution in [3.8, 4) is 0 Å². The highest BCUT2D eigenvalue weighted by Gasteiger charge is 2.45. The number of amides is 2. The molecule has 3 rings (SSSR count). The molecule has 1 heterocycles. The van der Waals surface area contributed by atoms with E-state index in [-0.39, 0.29) is 23.2 Å². The topological polar surface area (TPSA) is 49.4 Å². The van der Waals surface area contributed by atoms with Gasteiger partial charge in [-0.3, -0.25) is 9.59 Å². The third kappa shape index (κ3) is 4.85. The predicted octanol–water partition coefficient (Wildman–Crippen LogP) is 4.96. The zero-order valence-corrected chi connectivity index (χ0v) is 18.6. The molecule has 3 atom stereocenters. The summed E-state index contributed by atoms with van der Waals surface area (Å²) >= 11 is 7.77. The number of hydrogen-bond donors (Lipinski definition) is 1. The van der Waals surface area contributed by atoms with E-state index in [1.807, 2.05) is 11.8 Å². The van der Waals surface area contributed by atoms with E-state index < -0.39 is 6.04 Å². The first-order chi connectivity index (χ1) is 13.4. The van der Waals surface area contributed by atoms with Crippen LogP contribution in [0.3, 0.4) is 0 Å². The van der Waals surface area contributed by atoms with E-state index in [9.17, 15) is 9.59 Å². The van der Waals surface area contributed by atoms with Gasteiger partial charge in [-0.2, -0.15) is 0 Å². The molecule has 1 aromatic rings. The lowest BCUT2D eigenvalue weighted by atomic mass is 9.88. The average Bonchev–Trinajstić information content (AvgIpc) is 3.13. The zero-order chi connectivity index (χ0) is 20.3. The summed E-state index contributed by atoms with van der Waals surface area (Å²) in [4.78, 5) is 28.4. The first kappa shape index (κ1) is 21.5. The first-order valence-corrected chi connectivity index (χ1v) is 11.8. The molecule has 0 radical (unpaired) electrons. The fourth-order valence-corrected chi connectivity index (χ4v) is 5.76. The second-order valence-electron chi connectivity index (χ2n) is 8.40. The van der Waals surface area contributed by atoms with Crippen molar-refractivity contribution in [2.75, 3.05) is 5.75 Å². The maximum Gasteiger partial charge on any atom is 0.255 e. The SMILES string of the molecule is CC(C)C(C)NC(=O)C1CSC(C2CCCCC2)N1C(=O)c1ccc(Cl)cc1. The Morgan fingerprint density at radius 2 is 1.75 bits per heavy atom. The van der Waals surface area contributed by atoms with Gasteiger partial charge in [0.2, 0.25) is 5.91 Å². The lowest BCUT2D eigenvalue weighted by Crippen LogP contribution is -2.53. The van der Waals surface area contributed by atoms with Crippen LogP contribution in [0.4, 0.5) is 0 Å². The van der Waals surface area contributed by atoms with Crippen LogP contribution in [0.5, 0.6) is 0 Å². The molecule has 6 heteroatoms. The van der Waals surface area contributed by atoms with Gasteiger partial charge < -0.3 is 10.2 Å². The predicted molar refractivity (Wildman–Crippen MR) is 117 cm³/mol. The largest absolute Gasteiger partial charge is 0.352 e. The minimum Gasteiger partial charge on any atom is -0.352 e. The Morgan fingerprint density at radius 3 is 2.36 bits per heavy atom. The maximum absolute atomic E-state index is 13.4. The smallest absolute Gasteiger partial charge is 0.255 e. The van der Waals surface area contributed by atoms with Crippen molar-refractivity contribution in [1.29, 1.82) is 0 Å². The summed E-state index contributed by atoms with van der Waals surface area (Å²) in [5.41, 5.74) is 0.599. The molecule has 0 bridgehead atoms. The number of nitrogens with one attached hydrogen (secondary N) is 1. The Morgan fingerprint density at radius 1 is 1.11 bits per heavy atom. The molecule has 3 unspecified atom stereocenters. The number of hydrogen-bond acceptors (Lipinski definition) is 3. The monoisotopic (exact) mass is 422 g/mol. The third-order valence-corrected chi connectivity index (χ3v) is 7.80. The van der Waals surface area contributed by atoms with Crippen LogP contribution < -0.4 is 5.32 Å². The van der Waals surface area contributed by atoms with Gasteiger partial charge in [-0.05, 0) is 55.9 Å². The fourth-order valence-electron chi connectivity index (χ4n) is 4.00. The Kier molecular flexibility index (Phi) is 7.32. The molecule has 1 N–H and O–H groups in total. The number of halogens is 1. The van der Waals surface area contributed by atoms with Crippen molar-refractivity contribution in [3.63, 3.8) is 0 Å². The normalized spacial score (nSPS) is 24.4. The molecule has 1 aliphatic carbocycles. The third-order valence-electron chi connectivity index (χ3n) is 6.09. The summed E-state index contributed by atoms with van der Waals surface area (Å²) in [6.45, 7) is 6.21. The van der Waals surface area contributed by atoms with Gasteiger partial charge in [0.1, 0.15) is 6.04 Å². The van der Waals surface area contributed by atoms with Crippen LogP contribution in [0.2, 0.25) is 5.02 Å². The molecule has 1 aliphatic heterocycles. The molecule has 1 saturated heterocycles. The molecule has 1 aromatic carbocycles. The Bertz CT molecular complexity index is 688. The van der Waals surface area contributed by atoms with E-state index in [4.69, 9.17) is 11.6 Å². The van der Waals surface area contributed by atoms with Crippen LogP contribution >= 0.6 is 23.4 Å². The van der Waals surface area contributed by atoms with Gasteiger partial charge in [0.05, 0.1) is 5.37 Å². The number of rotatable bonds is 5. The molecule has 4 nitrogen and oxygen atoms in total. The van der Waals surface area contributed by atoms with Crippen LogP contribution in [0.15, 0.2) is 24.3 Å². The summed E-state index contributed by atoms with van der Waals surface area (Å²) in [6.07, 6.45) is 5.98. The Balaban J connectivity index is 1.84. The van der Waals surface area contributed by atoms with Crippen LogP contribution in [0, 0.1) is 11.8 Å². The molecule has 2 fully saturated rings. The van der Waals surface area contributed by atoms with Gasteiger partial charge in [-0.1, -0.05) is 44.7 Å². The number of carbonyl (C=O) groups excluding carboxylic acids is 2. The zero-order valence-electron chi connectivity index (χ0n) is 17.0. The van der Waals surface area contributed by atoms with Gasteiger partial charge >= 0.3 is 0 Å². The molecular formula is C22H31ClN2O2S. The van der Waals surface area contributed by atoms with Crippen molar-refractivity contribution in [2.45, 2.75) is 70.3 Å². The molecule has 1 saturated carbocycles. The van der Waals surface area contributed by atoms with Gasteiger partial charge in [-0.15, -0.1) is 11.8 Å². The molecular weight excluding hydrogens is 392 g/mol. The maximum atomic E-state index is 13.4. The second-order valence-corrected chi connectivity index (χ2v) is 9.98. The van der Waals surface area contributed by atoms with E-state index in [1.165, 1.54) is 19.3 Å². The molecule has 28 heavy (non-hydrogen) atoms. The Hall–Kier alpha value is -1.20. The van der Waals surface area contributed by atoms with Gasteiger partial charge in [0.25, 0.3) is 5.91 Å². The molecule has 154 valence electrons. The van der Waals surface area contributed by atoms with Gasteiger partial charge in [0, 0.05) is 22.4 Å². The van der Waals surface area contributed by atoms with Crippen molar-refractivity contribution in [2.24, 2.45) is 11.8 Å². The van der Waals surface area contributed by atoms with Gasteiger partial charge in [-0.25, -0.2) is 0 Å². The van der Waals surface area contributed by atoms with Crippen LogP contribution in [-0.4, -0.2) is 39.9 Å². The van der Waals surface area contributed by atoms with Crippen LogP contribution in [-0.2, 0) is 4.79 Å². The van der Waals surface area contributed by atoms with E-state index in [1.54, 1.807) is 36.0 Å². The highest BCUT2D eigenvalue weighted by molar-refractivity contribution is 8.00. The summed E-state index contributed by atoms with van der Waals surface area (Å²) in [5.74, 6) is 1.39. The quantitative estimate of drug-likeness (QED) is 0.729. The van der Waals surface area contributed by atoms with Crippen LogP contribution in [0.1, 0.15) is 63.2 Å². The number of thioether (sulfide) groups is 1. The van der Waals surface area contributed by atoms with Crippen molar-refractivity contribution in [3.05, 3.63) is 34.9 Å². The number of nitrogens with zero attached hydrogens (tertiary/aromatic N) is 1. The molecule has 0 aromatic heterocycles. The standard InChI is InChI=1S/C22H31ClN2O2S/c1-14(2)15(3)24-20(26)19-13-28-22(17-7-5-4-6-8-17)25(19)21(27)16-9-11-18(23)12-10-16/h9-12,14-15,17,19,22H,4-8,13H2,1-3H3,(H,24,26). The number of carbonyl (C=O) groups is 2. The molecule has 0 spiro atoms. The summed E-state index contributed by atoms with van der Waals surface area (Å²) in [7, 11) is 0. The summed E-state index contributed by atoms with van der Waals surface area (Å²) in [6, 6.07) is 6.67. The number of benzene rings is 1. The van der Waals surface area contributed by atoms with E-state index in [2.05, 4.69) is 19.2 Å². The highest BCUT2D eigenvalue weighted by atomic mass is 35.5. The van der Waals surface area contributed by atoms with Crippen molar-refractivity contribution in [1.82, 2.24) is 10.2 Å². The van der Waals surface area contributed by atoms with E-state index in [0.29, 0.717) is 28.2 Å². The van der Waals surface area contributed by atoms with Crippen molar-refractivity contribution < 1.29 is 9.59 Å². The fraction of sp³-hybridized carbons (Fsp3) is 0.636. The van der Waals surface area contributed by atoms with E-state index in [0.717, 1.165) is 12.8 Å².